The molecular formula is C23H26ClNO2S. The van der Waals surface area contributed by atoms with Crippen LogP contribution in [-0.4, -0.2) is 43.5 Å². The first-order valence-corrected chi connectivity index (χ1v) is 11.2. The molecule has 1 aromatic carbocycles. The SMILES string of the molecule is CC1=C(C(=O)c2ccccc2Cl)c2ccsc2C(C)C(CN2CCOCC2)C1. The molecule has 0 spiro atoms. The zero-order chi connectivity index (χ0) is 19.7. The van der Waals surface area contributed by atoms with Gasteiger partial charge in [-0.3, -0.25) is 9.69 Å². The predicted octanol–water partition coefficient (Wildman–Crippen LogP) is 5.51. The van der Waals surface area contributed by atoms with E-state index >= 15 is 0 Å². The summed E-state index contributed by atoms with van der Waals surface area (Å²) in [6.07, 6.45) is 0.936. The molecule has 2 aliphatic rings. The molecule has 1 fully saturated rings. The minimum absolute atomic E-state index is 0.0435. The highest BCUT2D eigenvalue weighted by Gasteiger charge is 2.33. The first-order chi connectivity index (χ1) is 13.6. The van der Waals surface area contributed by atoms with E-state index in [-0.39, 0.29) is 5.78 Å². The van der Waals surface area contributed by atoms with E-state index in [1.165, 1.54) is 10.5 Å². The van der Waals surface area contributed by atoms with Gasteiger partial charge in [0.2, 0.25) is 0 Å². The second-order valence-electron chi connectivity index (χ2n) is 7.83. The minimum Gasteiger partial charge on any atom is -0.379 e. The maximum atomic E-state index is 13.5. The monoisotopic (exact) mass is 415 g/mol. The van der Waals surface area contributed by atoms with E-state index < -0.39 is 0 Å². The third-order valence-corrected chi connectivity index (χ3v) is 7.47. The van der Waals surface area contributed by atoms with E-state index in [4.69, 9.17) is 16.3 Å². The number of fused-ring (bicyclic) bond motifs is 1. The van der Waals surface area contributed by atoms with Crippen LogP contribution in [0.25, 0.3) is 5.57 Å². The van der Waals surface area contributed by atoms with Crippen molar-refractivity contribution in [1.29, 1.82) is 0 Å². The highest BCUT2D eigenvalue weighted by Crippen LogP contribution is 2.44. The molecule has 4 rings (SSSR count). The van der Waals surface area contributed by atoms with Crippen LogP contribution in [0.1, 0.15) is 47.0 Å². The first kappa shape index (κ1) is 19.8. The number of hydrogen-bond donors (Lipinski definition) is 0. The van der Waals surface area contributed by atoms with Crippen molar-refractivity contribution in [3.05, 3.63) is 62.3 Å². The molecule has 0 saturated carbocycles. The van der Waals surface area contributed by atoms with Crippen molar-refractivity contribution >= 4 is 34.3 Å². The van der Waals surface area contributed by atoms with E-state index in [0.717, 1.165) is 50.4 Å². The number of thiophene rings is 1. The molecule has 3 nitrogen and oxygen atoms in total. The Morgan fingerprint density at radius 1 is 1.25 bits per heavy atom. The Labute approximate surface area is 176 Å². The van der Waals surface area contributed by atoms with Gasteiger partial charge >= 0.3 is 0 Å². The van der Waals surface area contributed by atoms with Crippen molar-refractivity contribution in [3.63, 3.8) is 0 Å². The Hall–Kier alpha value is -1.46. The molecule has 1 aliphatic heterocycles. The molecule has 0 radical (unpaired) electrons. The Kier molecular flexibility index (Phi) is 6.02. The highest BCUT2D eigenvalue weighted by molar-refractivity contribution is 7.10. The number of carbonyl (C=O) groups is 1. The number of rotatable bonds is 4. The fourth-order valence-corrected chi connectivity index (χ4v) is 5.71. The van der Waals surface area contributed by atoms with E-state index in [0.29, 0.717) is 22.4 Å². The van der Waals surface area contributed by atoms with E-state index in [9.17, 15) is 4.79 Å². The number of morpholine rings is 1. The molecule has 5 heteroatoms. The second-order valence-corrected chi connectivity index (χ2v) is 9.18. The van der Waals surface area contributed by atoms with Gasteiger partial charge in [-0.25, -0.2) is 0 Å². The lowest BCUT2D eigenvalue weighted by Gasteiger charge is -2.32. The number of benzene rings is 1. The van der Waals surface area contributed by atoms with Crippen LogP contribution in [0.2, 0.25) is 5.02 Å². The molecule has 1 saturated heterocycles. The maximum Gasteiger partial charge on any atom is 0.195 e. The Morgan fingerprint density at radius 2 is 2.00 bits per heavy atom. The van der Waals surface area contributed by atoms with Crippen LogP contribution in [0.5, 0.6) is 0 Å². The zero-order valence-corrected chi connectivity index (χ0v) is 18.0. The largest absolute Gasteiger partial charge is 0.379 e. The van der Waals surface area contributed by atoms with Gasteiger partial charge in [0.15, 0.2) is 5.78 Å². The first-order valence-electron chi connectivity index (χ1n) is 9.93. The number of nitrogens with zero attached hydrogens (tertiary/aromatic N) is 1. The third kappa shape index (κ3) is 3.84. The van der Waals surface area contributed by atoms with Gasteiger partial charge in [-0.05, 0) is 54.3 Å². The second kappa shape index (κ2) is 8.50. The minimum atomic E-state index is 0.0435. The van der Waals surface area contributed by atoms with E-state index in [1.807, 2.05) is 18.2 Å². The van der Waals surface area contributed by atoms with Crippen LogP contribution in [0.4, 0.5) is 0 Å². The topological polar surface area (TPSA) is 29.5 Å². The standard InChI is InChI=1S/C23H26ClNO2S/c1-15-13-17(14-25-8-10-27-11-9-25)16(2)23-19(7-12-28-23)21(15)22(26)18-5-3-4-6-20(18)24/h3-7,12,16-17H,8-11,13-14H2,1-2H3. The van der Waals surface area contributed by atoms with Crippen molar-refractivity contribution in [2.24, 2.45) is 5.92 Å². The lowest BCUT2D eigenvalue weighted by molar-refractivity contribution is 0.0291. The number of ether oxygens (including phenoxy) is 1. The van der Waals surface area contributed by atoms with Crippen molar-refractivity contribution in [2.45, 2.75) is 26.2 Å². The van der Waals surface area contributed by atoms with Gasteiger partial charge in [0.25, 0.3) is 0 Å². The molecule has 148 valence electrons. The number of allylic oxidation sites excluding steroid dienone is 2. The summed E-state index contributed by atoms with van der Waals surface area (Å²) < 4.78 is 5.51. The summed E-state index contributed by atoms with van der Waals surface area (Å²) in [5.41, 5.74) is 3.72. The molecule has 2 aromatic rings. The summed E-state index contributed by atoms with van der Waals surface area (Å²) in [5, 5.41) is 2.64. The average Bonchev–Trinajstić information content (AvgIpc) is 3.14. The average molecular weight is 416 g/mol. The Morgan fingerprint density at radius 3 is 2.75 bits per heavy atom. The van der Waals surface area contributed by atoms with Crippen molar-refractivity contribution in [2.75, 3.05) is 32.8 Å². The lowest BCUT2D eigenvalue weighted by Crippen LogP contribution is -2.40. The van der Waals surface area contributed by atoms with Gasteiger partial charge in [-0.1, -0.05) is 36.2 Å². The van der Waals surface area contributed by atoms with Crippen molar-refractivity contribution in [1.82, 2.24) is 4.90 Å². The molecule has 0 bridgehead atoms. The molecule has 0 N–H and O–H groups in total. The van der Waals surface area contributed by atoms with Gasteiger partial charge in [0.1, 0.15) is 0 Å². The third-order valence-electron chi connectivity index (χ3n) is 6.02. The quantitative estimate of drug-likeness (QED) is 0.616. The van der Waals surface area contributed by atoms with E-state index in [1.54, 1.807) is 17.4 Å². The summed E-state index contributed by atoms with van der Waals surface area (Å²) in [4.78, 5) is 17.3. The molecular weight excluding hydrogens is 390 g/mol. The van der Waals surface area contributed by atoms with Gasteiger partial charge < -0.3 is 4.74 Å². The van der Waals surface area contributed by atoms with Gasteiger partial charge in [-0.2, -0.15) is 0 Å². The number of halogens is 1. The molecule has 2 atom stereocenters. The molecule has 1 aliphatic carbocycles. The van der Waals surface area contributed by atoms with E-state index in [2.05, 4.69) is 30.2 Å². The van der Waals surface area contributed by atoms with Crippen LogP contribution in [0, 0.1) is 5.92 Å². The maximum absolute atomic E-state index is 13.5. The van der Waals surface area contributed by atoms with Crippen LogP contribution in [0.3, 0.4) is 0 Å². The highest BCUT2D eigenvalue weighted by atomic mass is 35.5. The molecule has 2 unspecified atom stereocenters. The molecule has 28 heavy (non-hydrogen) atoms. The Bertz CT molecular complexity index is 898. The van der Waals surface area contributed by atoms with Crippen LogP contribution < -0.4 is 0 Å². The predicted molar refractivity (Wildman–Crippen MR) is 116 cm³/mol. The smallest absolute Gasteiger partial charge is 0.195 e. The number of carbonyl (C=O) groups excluding carboxylic acids is 1. The Balaban J connectivity index is 1.70. The number of Topliss-reactive ketones (excluding diaryl/α,β-unsaturated/α-hetero) is 1. The lowest BCUT2D eigenvalue weighted by atomic mass is 9.88. The number of ketones is 1. The summed E-state index contributed by atoms with van der Waals surface area (Å²) in [7, 11) is 0. The summed E-state index contributed by atoms with van der Waals surface area (Å²) >= 11 is 8.13. The summed E-state index contributed by atoms with van der Waals surface area (Å²) in [6.45, 7) is 9.11. The van der Waals surface area contributed by atoms with Gasteiger partial charge in [-0.15, -0.1) is 11.3 Å². The van der Waals surface area contributed by atoms with Crippen molar-refractivity contribution < 1.29 is 9.53 Å². The van der Waals surface area contributed by atoms with Gasteiger partial charge in [0.05, 0.1) is 18.2 Å². The van der Waals surface area contributed by atoms with Crippen LogP contribution >= 0.6 is 22.9 Å². The summed E-state index contributed by atoms with van der Waals surface area (Å²) in [6, 6.07) is 9.48. The molecule has 2 heterocycles. The molecule has 1 aromatic heterocycles. The summed E-state index contributed by atoms with van der Waals surface area (Å²) in [5.74, 6) is 0.957. The zero-order valence-electron chi connectivity index (χ0n) is 16.4. The van der Waals surface area contributed by atoms with Crippen LogP contribution in [-0.2, 0) is 4.74 Å². The normalized spacial score (nSPS) is 23.4. The fourth-order valence-electron chi connectivity index (χ4n) is 4.43. The molecule has 0 amide bonds. The fraction of sp³-hybridized carbons (Fsp3) is 0.435. The van der Waals surface area contributed by atoms with Gasteiger partial charge in [0, 0.05) is 35.6 Å². The van der Waals surface area contributed by atoms with Crippen molar-refractivity contribution in [3.8, 4) is 0 Å². The van der Waals surface area contributed by atoms with Crippen LogP contribution in [0.15, 0.2) is 41.3 Å². The number of hydrogen-bond acceptors (Lipinski definition) is 4.